The van der Waals surface area contributed by atoms with Crippen molar-refractivity contribution in [2.45, 2.75) is 38.7 Å². The maximum Gasteiger partial charge on any atom is 0.303 e. The molecule has 0 heterocycles. The van der Waals surface area contributed by atoms with Crippen LogP contribution in [0, 0.1) is 0 Å². The predicted octanol–water partition coefficient (Wildman–Crippen LogP) is 0.128. The van der Waals surface area contributed by atoms with Gasteiger partial charge in [-0.3, -0.25) is 9.59 Å². The van der Waals surface area contributed by atoms with Gasteiger partial charge in [0.05, 0.1) is 5.60 Å². The normalized spacial score (nSPS) is 11.1. The van der Waals surface area contributed by atoms with E-state index in [9.17, 15) is 14.7 Å². The van der Waals surface area contributed by atoms with Gasteiger partial charge in [-0.05, 0) is 20.3 Å². The zero-order valence-corrected chi connectivity index (χ0v) is 8.54. The second kappa shape index (κ2) is 5.59. The van der Waals surface area contributed by atoms with Crippen molar-refractivity contribution in [3.63, 3.8) is 0 Å². The molecule has 0 aliphatic heterocycles. The van der Waals surface area contributed by atoms with Crippen LogP contribution >= 0.6 is 0 Å². The Bertz CT molecular complexity index is 207. The molecule has 0 radical (unpaired) electrons. The van der Waals surface area contributed by atoms with Crippen LogP contribution in [0.4, 0.5) is 0 Å². The molecule has 5 nitrogen and oxygen atoms in total. The molecule has 0 aromatic heterocycles. The molecule has 0 saturated carbocycles. The van der Waals surface area contributed by atoms with Crippen molar-refractivity contribution in [1.29, 1.82) is 0 Å². The maximum atomic E-state index is 11.1. The minimum absolute atomic E-state index is 0.00403. The molecule has 0 atom stereocenters. The monoisotopic (exact) mass is 203 g/mol. The average Bonchev–Trinajstić information content (AvgIpc) is 1.99. The molecule has 0 aliphatic rings. The fourth-order valence-electron chi connectivity index (χ4n) is 0.803. The number of carboxylic acids is 1. The molecular weight excluding hydrogens is 186 g/mol. The van der Waals surface area contributed by atoms with Gasteiger partial charge in [-0.15, -0.1) is 0 Å². The smallest absolute Gasteiger partial charge is 0.303 e. The highest BCUT2D eigenvalue weighted by molar-refractivity contribution is 5.76. The maximum absolute atomic E-state index is 11.1. The number of hydrogen-bond acceptors (Lipinski definition) is 3. The van der Waals surface area contributed by atoms with Crippen molar-refractivity contribution < 1.29 is 19.8 Å². The number of hydrogen-bond donors (Lipinski definition) is 3. The number of carbonyl (C=O) groups is 2. The van der Waals surface area contributed by atoms with Crippen LogP contribution in [-0.4, -0.2) is 34.2 Å². The number of carbonyl (C=O) groups excluding carboxylic acids is 1. The fourth-order valence-corrected chi connectivity index (χ4v) is 0.803. The van der Waals surface area contributed by atoms with Crippen LogP contribution in [0.1, 0.15) is 33.1 Å². The molecule has 3 N–H and O–H groups in total. The van der Waals surface area contributed by atoms with Gasteiger partial charge in [0.25, 0.3) is 0 Å². The van der Waals surface area contributed by atoms with Gasteiger partial charge in [-0.25, -0.2) is 0 Å². The summed E-state index contributed by atoms with van der Waals surface area (Å²) in [6.45, 7) is 3.36. The third-order valence-electron chi connectivity index (χ3n) is 1.51. The second-order valence-corrected chi connectivity index (χ2v) is 3.84. The molecule has 0 unspecified atom stereocenters. The first-order chi connectivity index (χ1) is 6.31. The molecule has 5 heteroatoms. The predicted molar refractivity (Wildman–Crippen MR) is 50.8 cm³/mol. The number of rotatable bonds is 6. The number of amides is 1. The summed E-state index contributed by atoms with van der Waals surface area (Å²) in [5, 5.41) is 20.1. The van der Waals surface area contributed by atoms with E-state index in [1.807, 2.05) is 0 Å². The SMILES string of the molecule is CC(C)(O)CNC(=O)CCCC(=O)O. The summed E-state index contributed by atoms with van der Waals surface area (Å²) in [5.74, 6) is -1.13. The van der Waals surface area contributed by atoms with Gasteiger partial charge in [0.15, 0.2) is 0 Å². The summed E-state index contributed by atoms with van der Waals surface area (Å²) in [4.78, 5) is 21.2. The van der Waals surface area contributed by atoms with Crippen molar-refractivity contribution >= 4 is 11.9 Å². The van der Waals surface area contributed by atoms with E-state index in [4.69, 9.17) is 5.11 Å². The number of aliphatic carboxylic acids is 1. The van der Waals surface area contributed by atoms with Crippen molar-refractivity contribution in [3.8, 4) is 0 Å². The fraction of sp³-hybridized carbons (Fsp3) is 0.778. The Kier molecular flexibility index (Phi) is 5.15. The van der Waals surface area contributed by atoms with Gasteiger partial charge in [0.2, 0.25) is 5.91 Å². The molecule has 0 rings (SSSR count). The van der Waals surface area contributed by atoms with E-state index < -0.39 is 11.6 Å². The Hall–Kier alpha value is -1.10. The van der Waals surface area contributed by atoms with E-state index in [0.29, 0.717) is 6.42 Å². The van der Waals surface area contributed by atoms with Crippen molar-refractivity contribution in [3.05, 3.63) is 0 Å². The van der Waals surface area contributed by atoms with Gasteiger partial charge < -0.3 is 15.5 Å². The number of aliphatic hydroxyl groups is 1. The van der Waals surface area contributed by atoms with Crippen LogP contribution in [0.2, 0.25) is 0 Å². The van der Waals surface area contributed by atoms with Crippen LogP contribution in [-0.2, 0) is 9.59 Å². The first kappa shape index (κ1) is 12.9. The van der Waals surface area contributed by atoms with Crippen molar-refractivity contribution in [2.24, 2.45) is 0 Å². The quantitative estimate of drug-likeness (QED) is 0.572. The largest absolute Gasteiger partial charge is 0.481 e. The molecule has 82 valence electrons. The molecule has 0 spiro atoms. The van der Waals surface area contributed by atoms with Crippen LogP contribution in [0.15, 0.2) is 0 Å². The highest BCUT2D eigenvalue weighted by atomic mass is 16.4. The van der Waals surface area contributed by atoms with Crippen LogP contribution < -0.4 is 5.32 Å². The molecule has 0 aromatic carbocycles. The van der Waals surface area contributed by atoms with E-state index in [1.165, 1.54) is 0 Å². The van der Waals surface area contributed by atoms with Crippen LogP contribution in [0.25, 0.3) is 0 Å². The minimum atomic E-state index is -0.928. The Morgan fingerprint density at radius 1 is 1.29 bits per heavy atom. The Morgan fingerprint density at radius 2 is 1.86 bits per heavy atom. The van der Waals surface area contributed by atoms with E-state index >= 15 is 0 Å². The second-order valence-electron chi connectivity index (χ2n) is 3.84. The van der Waals surface area contributed by atoms with Gasteiger partial charge in [0, 0.05) is 19.4 Å². The van der Waals surface area contributed by atoms with Crippen molar-refractivity contribution in [2.75, 3.05) is 6.54 Å². The van der Waals surface area contributed by atoms with Crippen molar-refractivity contribution in [1.82, 2.24) is 5.32 Å². The third-order valence-corrected chi connectivity index (χ3v) is 1.51. The van der Waals surface area contributed by atoms with Crippen LogP contribution in [0.5, 0.6) is 0 Å². The number of nitrogens with one attached hydrogen (secondary N) is 1. The topological polar surface area (TPSA) is 86.6 Å². The lowest BCUT2D eigenvalue weighted by Gasteiger charge is -2.17. The molecule has 0 bridgehead atoms. The minimum Gasteiger partial charge on any atom is -0.481 e. The highest BCUT2D eigenvalue weighted by Crippen LogP contribution is 1.99. The molecule has 0 saturated heterocycles. The zero-order chi connectivity index (χ0) is 11.2. The molecule has 14 heavy (non-hydrogen) atoms. The summed E-state index contributed by atoms with van der Waals surface area (Å²) in [6.07, 6.45) is 0.505. The lowest BCUT2D eigenvalue weighted by Crippen LogP contribution is -2.38. The molecule has 1 amide bonds. The molecule has 0 aliphatic carbocycles. The zero-order valence-electron chi connectivity index (χ0n) is 8.54. The molecular formula is C9H17NO4. The summed E-state index contributed by atoms with van der Waals surface area (Å²) in [6, 6.07) is 0. The van der Waals surface area contributed by atoms with Gasteiger partial charge in [-0.2, -0.15) is 0 Å². The summed E-state index contributed by atoms with van der Waals surface area (Å²) < 4.78 is 0. The van der Waals surface area contributed by atoms with Crippen LogP contribution in [0.3, 0.4) is 0 Å². The van der Waals surface area contributed by atoms with Gasteiger partial charge in [0.1, 0.15) is 0 Å². The average molecular weight is 203 g/mol. The van der Waals surface area contributed by atoms with Gasteiger partial charge in [-0.1, -0.05) is 0 Å². The number of carboxylic acid groups (broad SMARTS) is 1. The van der Waals surface area contributed by atoms with E-state index in [1.54, 1.807) is 13.8 Å². The summed E-state index contributed by atoms with van der Waals surface area (Å²) >= 11 is 0. The highest BCUT2D eigenvalue weighted by Gasteiger charge is 2.13. The standard InChI is InChI=1S/C9H17NO4/c1-9(2,14)6-10-7(11)4-3-5-8(12)13/h14H,3-6H2,1-2H3,(H,10,11)(H,12,13). The van der Waals surface area contributed by atoms with E-state index in [-0.39, 0.29) is 25.3 Å². The first-order valence-electron chi connectivity index (χ1n) is 4.52. The summed E-state index contributed by atoms with van der Waals surface area (Å²) in [7, 11) is 0. The van der Waals surface area contributed by atoms with E-state index in [0.717, 1.165) is 0 Å². The third kappa shape index (κ3) is 8.99. The Balaban J connectivity index is 3.52. The molecule has 0 fully saturated rings. The lowest BCUT2D eigenvalue weighted by atomic mass is 10.1. The Morgan fingerprint density at radius 3 is 2.29 bits per heavy atom. The Labute approximate surface area is 83.1 Å². The lowest BCUT2D eigenvalue weighted by molar-refractivity contribution is -0.137. The summed E-state index contributed by atoms with van der Waals surface area (Å²) in [5.41, 5.74) is -0.928. The van der Waals surface area contributed by atoms with Gasteiger partial charge >= 0.3 is 5.97 Å². The van der Waals surface area contributed by atoms with E-state index in [2.05, 4.69) is 5.32 Å². The molecule has 0 aromatic rings. The first-order valence-corrected chi connectivity index (χ1v) is 4.52.